The molecule has 2 atom stereocenters. The summed E-state index contributed by atoms with van der Waals surface area (Å²) in [5, 5.41) is 10.3. The number of unbranched alkanes of at least 4 members (excludes halogenated alkanes) is 6. The molecule has 4 heteroatoms. The van der Waals surface area contributed by atoms with E-state index in [1.807, 2.05) is 0 Å². The topological polar surface area (TPSA) is 54.4 Å². The molecular formula is C17H32O3S. The lowest BCUT2D eigenvalue weighted by molar-refractivity contribution is -0.000550. The van der Waals surface area contributed by atoms with Gasteiger partial charge in [-0.05, 0) is 32.1 Å². The molecule has 1 N–H and O–H groups in total. The number of fused-ring (bicyclic) bond motifs is 2. The van der Waals surface area contributed by atoms with Crippen LogP contribution in [0.25, 0.3) is 0 Å². The third kappa shape index (κ3) is 4.44. The van der Waals surface area contributed by atoms with Gasteiger partial charge in [-0.2, -0.15) is 0 Å². The van der Waals surface area contributed by atoms with E-state index in [4.69, 9.17) is 0 Å². The number of rotatable bonds is 8. The Morgan fingerprint density at radius 1 is 0.952 bits per heavy atom. The molecule has 2 fully saturated rings. The summed E-state index contributed by atoms with van der Waals surface area (Å²) in [5.74, 6) is 0. The number of aliphatic hydroxyl groups is 1. The van der Waals surface area contributed by atoms with Gasteiger partial charge < -0.3 is 5.11 Å². The van der Waals surface area contributed by atoms with Crippen LogP contribution in [0.2, 0.25) is 0 Å². The maximum atomic E-state index is 12.2. The van der Waals surface area contributed by atoms with Crippen LogP contribution in [-0.2, 0) is 9.84 Å². The fourth-order valence-corrected chi connectivity index (χ4v) is 6.78. The van der Waals surface area contributed by atoms with Gasteiger partial charge in [0.15, 0.2) is 9.84 Å². The van der Waals surface area contributed by atoms with Crippen molar-refractivity contribution in [3.8, 4) is 0 Å². The first-order valence-electron chi connectivity index (χ1n) is 8.93. The summed E-state index contributed by atoms with van der Waals surface area (Å²) in [6.07, 6.45) is 13.0. The number of hydrogen-bond donors (Lipinski definition) is 1. The summed E-state index contributed by atoms with van der Waals surface area (Å²) in [6.45, 7) is 2.23. The van der Waals surface area contributed by atoms with Gasteiger partial charge in [0.25, 0.3) is 0 Å². The van der Waals surface area contributed by atoms with E-state index >= 15 is 0 Å². The molecule has 124 valence electrons. The van der Waals surface area contributed by atoms with Crippen molar-refractivity contribution in [3.63, 3.8) is 0 Å². The molecule has 0 aliphatic carbocycles. The second-order valence-electron chi connectivity index (χ2n) is 7.27. The lowest BCUT2D eigenvalue weighted by Crippen LogP contribution is -2.51. The molecule has 0 radical (unpaired) electrons. The van der Waals surface area contributed by atoms with Gasteiger partial charge >= 0.3 is 0 Å². The Bertz CT molecular complexity index is 396. The SMILES string of the molecule is CCCCCCCCCC1(O)CC2CCCC(C1)S2(=O)=O. The number of hydrogen-bond acceptors (Lipinski definition) is 3. The van der Waals surface area contributed by atoms with Crippen molar-refractivity contribution in [2.45, 2.75) is 106 Å². The van der Waals surface area contributed by atoms with E-state index in [1.165, 1.54) is 38.5 Å². The molecule has 2 unspecified atom stereocenters. The van der Waals surface area contributed by atoms with Gasteiger partial charge in [-0.1, -0.05) is 58.3 Å². The quantitative estimate of drug-likeness (QED) is 0.689. The minimum atomic E-state index is -2.94. The lowest BCUT2D eigenvalue weighted by Gasteiger charge is -2.44. The third-order valence-corrected chi connectivity index (χ3v) is 8.11. The summed E-state index contributed by atoms with van der Waals surface area (Å²) in [5.41, 5.74) is -0.704. The van der Waals surface area contributed by atoms with E-state index in [9.17, 15) is 13.5 Å². The van der Waals surface area contributed by atoms with Crippen LogP contribution in [0.15, 0.2) is 0 Å². The van der Waals surface area contributed by atoms with Crippen LogP contribution in [0.4, 0.5) is 0 Å². The van der Waals surface area contributed by atoms with Gasteiger partial charge in [0.2, 0.25) is 0 Å². The Morgan fingerprint density at radius 2 is 1.48 bits per heavy atom. The molecule has 2 bridgehead atoms. The molecule has 0 aromatic carbocycles. The van der Waals surface area contributed by atoms with Crippen LogP contribution >= 0.6 is 0 Å². The number of sulfone groups is 1. The minimum Gasteiger partial charge on any atom is -0.390 e. The largest absolute Gasteiger partial charge is 0.390 e. The van der Waals surface area contributed by atoms with Gasteiger partial charge in [0.05, 0.1) is 16.1 Å². The predicted octanol–water partition coefficient (Wildman–Crippen LogP) is 3.99. The molecule has 0 saturated carbocycles. The van der Waals surface area contributed by atoms with Crippen molar-refractivity contribution in [1.82, 2.24) is 0 Å². The highest BCUT2D eigenvalue weighted by atomic mass is 32.2. The molecule has 0 amide bonds. The maximum Gasteiger partial charge on any atom is 0.156 e. The average molecular weight is 317 g/mol. The van der Waals surface area contributed by atoms with Crippen LogP contribution in [0.3, 0.4) is 0 Å². The van der Waals surface area contributed by atoms with Crippen molar-refractivity contribution < 1.29 is 13.5 Å². The molecule has 3 nitrogen and oxygen atoms in total. The molecule has 0 spiro atoms. The highest BCUT2D eigenvalue weighted by molar-refractivity contribution is 7.92. The predicted molar refractivity (Wildman–Crippen MR) is 87.1 cm³/mol. The minimum absolute atomic E-state index is 0.264. The Hall–Kier alpha value is -0.0900. The van der Waals surface area contributed by atoms with Crippen LogP contribution in [0.5, 0.6) is 0 Å². The zero-order valence-electron chi connectivity index (χ0n) is 13.5. The molecule has 2 saturated heterocycles. The molecule has 2 rings (SSSR count). The monoisotopic (exact) mass is 316 g/mol. The third-order valence-electron chi connectivity index (χ3n) is 5.44. The zero-order valence-corrected chi connectivity index (χ0v) is 14.3. The highest BCUT2D eigenvalue weighted by Crippen LogP contribution is 2.43. The molecule has 21 heavy (non-hydrogen) atoms. The highest BCUT2D eigenvalue weighted by Gasteiger charge is 2.49. The summed E-state index contributed by atoms with van der Waals surface area (Å²) >= 11 is 0. The fourth-order valence-electron chi connectivity index (χ4n) is 4.16. The summed E-state index contributed by atoms with van der Waals surface area (Å²) in [7, 11) is -2.94. The van der Waals surface area contributed by atoms with Crippen molar-refractivity contribution in [2.75, 3.05) is 0 Å². The van der Waals surface area contributed by atoms with Crippen molar-refractivity contribution in [1.29, 1.82) is 0 Å². The van der Waals surface area contributed by atoms with Crippen molar-refractivity contribution >= 4 is 9.84 Å². The summed E-state index contributed by atoms with van der Waals surface area (Å²) < 4.78 is 24.5. The van der Waals surface area contributed by atoms with Crippen LogP contribution in [-0.4, -0.2) is 29.6 Å². The Balaban J connectivity index is 1.74. The zero-order chi connectivity index (χ0) is 15.3. The molecule has 0 aromatic rings. The van der Waals surface area contributed by atoms with Gasteiger partial charge in [-0.25, -0.2) is 8.42 Å². The molecular weight excluding hydrogens is 284 g/mol. The summed E-state index contributed by atoms with van der Waals surface area (Å²) in [6, 6.07) is 0. The normalized spacial score (nSPS) is 34.8. The lowest BCUT2D eigenvalue weighted by atomic mass is 9.82. The van der Waals surface area contributed by atoms with E-state index in [0.29, 0.717) is 12.8 Å². The average Bonchev–Trinajstić information content (AvgIpc) is 2.40. The smallest absolute Gasteiger partial charge is 0.156 e. The maximum absolute atomic E-state index is 12.2. The molecule has 2 aliphatic rings. The van der Waals surface area contributed by atoms with E-state index in [1.54, 1.807) is 0 Å². The first kappa shape index (κ1) is 17.3. The van der Waals surface area contributed by atoms with E-state index < -0.39 is 15.4 Å². The fraction of sp³-hybridized carbons (Fsp3) is 1.00. The Labute approximate surface area is 130 Å². The standard InChI is InChI=1S/C17H32O3S/c1-2-3-4-5-6-7-8-12-17(18)13-15-10-9-11-16(14-17)21(15,19)20/h15-16,18H,2-14H2,1H3. The van der Waals surface area contributed by atoms with Gasteiger partial charge in [-0.3, -0.25) is 0 Å². The van der Waals surface area contributed by atoms with Gasteiger partial charge in [-0.15, -0.1) is 0 Å². The van der Waals surface area contributed by atoms with Crippen LogP contribution in [0.1, 0.15) is 90.4 Å². The Kier molecular flexibility index (Phi) is 6.13. The first-order valence-corrected chi connectivity index (χ1v) is 10.5. The molecule has 0 aromatic heterocycles. The van der Waals surface area contributed by atoms with Crippen LogP contribution < -0.4 is 0 Å². The molecule has 2 heterocycles. The van der Waals surface area contributed by atoms with Crippen molar-refractivity contribution in [2.24, 2.45) is 0 Å². The summed E-state index contributed by atoms with van der Waals surface area (Å²) in [4.78, 5) is 0. The second kappa shape index (κ2) is 7.45. The van der Waals surface area contributed by atoms with Gasteiger partial charge in [0, 0.05) is 0 Å². The van der Waals surface area contributed by atoms with Crippen molar-refractivity contribution in [3.05, 3.63) is 0 Å². The molecule has 2 aliphatic heterocycles. The Morgan fingerprint density at radius 3 is 2.05 bits per heavy atom. The second-order valence-corrected chi connectivity index (χ2v) is 9.78. The van der Waals surface area contributed by atoms with Gasteiger partial charge in [0.1, 0.15) is 0 Å². The van der Waals surface area contributed by atoms with Crippen LogP contribution in [0, 0.1) is 0 Å². The first-order chi connectivity index (χ1) is 9.98. The van der Waals surface area contributed by atoms with E-state index in [2.05, 4.69) is 6.92 Å². The van der Waals surface area contributed by atoms with E-state index in [0.717, 1.165) is 32.1 Å². The van der Waals surface area contributed by atoms with E-state index in [-0.39, 0.29) is 10.5 Å².